The maximum Gasteiger partial charge on any atom is 0.296 e. The van der Waals surface area contributed by atoms with Crippen molar-refractivity contribution < 1.29 is 0 Å². The molecule has 8 heteroatoms. The molecule has 0 atom stereocenters. The molecule has 25 heavy (non-hydrogen) atoms. The third-order valence-corrected chi connectivity index (χ3v) is 4.86. The van der Waals surface area contributed by atoms with Gasteiger partial charge in [0.25, 0.3) is 5.56 Å². The minimum Gasteiger partial charge on any atom is -0.318 e. The van der Waals surface area contributed by atoms with Gasteiger partial charge in [-0.25, -0.2) is 0 Å². The number of aryl methyl sites for hydroxylation is 2. The molecular weight excluding hydrogens is 449 g/mol. The molecule has 0 saturated carbocycles. The van der Waals surface area contributed by atoms with Gasteiger partial charge < -0.3 is 4.57 Å². The molecular formula is C17H16IN5OS. The second-order valence-corrected chi connectivity index (χ2v) is 7.25. The van der Waals surface area contributed by atoms with E-state index in [2.05, 4.69) is 66.7 Å². The molecule has 1 aromatic carbocycles. The Bertz CT molecular complexity index is 1080. The number of benzene rings is 1. The lowest BCUT2D eigenvalue weighted by atomic mass is 10.2. The number of aromatic nitrogens is 4. The van der Waals surface area contributed by atoms with E-state index in [9.17, 15) is 4.79 Å². The van der Waals surface area contributed by atoms with Crippen molar-refractivity contribution >= 4 is 41.0 Å². The highest BCUT2D eigenvalue weighted by molar-refractivity contribution is 14.1. The smallest absolute Gasteiger partial charge is 0.296 e. The zero-order valence-electron chi connectivity index (χ0n) is 13.9. The number of nitrogens with one attached hydrogen (secondary N) is 1. The predicted octanol–water partition coefficient (Wildman–Crippen LogP) is 3.50. The van der Waals surface area contributed by atoms with Crippen LogP contribution in [-0.4, -0.2) is 25.7 Å². The van der Waals surface area contributed by atoms with Crippen LogP contribution in [0.25, 0.3) is 5.69 Å². The molecule has 3 rings (SSSR count). The van der Waals surface area contributed by atoms with Gasteiger partial charge in [0.05, 0.1) is 6.21 Å². The zero-order valence-corrected chi connectivity index (χ0v) is 16.9. The maximum absolute atomic E-state index is 12.1. The van der Waals surface area contributed by atoms with Gasteiger partial charge in [-0.1, -0.05) is 0 Å². The Kier molecular flexibility index (Phi) is 5.00. The molecule has 0 spiro atoms. The van der Waals surface area contributed by atoms with Crippen molar-refractivity contribution in [2.45, 2.75) is 20.8 Å². The van der Waals surface area contributed by atoms with Gasteiger partial charge in [-0.2, -0.15) is 14.9 Å². The van der Waals surface area contributed by atoms with E-state index in [1.165, 1.54) is 3.57 Å². The lowest BCUT2D eigenvalue weighted by Crippen LogP contribution is -2.22. The monoisotopic (exact) mass is 465 g/mol. The van der Waals surface area contributed by atoms with Gasteiger partial charge in [-0.15, -0.1) is 0 Å². The van der Waals surface area contributed by atoms with E-state index >= 15 is 0 Å². The molecule has 6 nitrogen and oxygen atoms in total. The molecule has 0 bridgehead atoms. The summed E-state index contributed by atoms with van der Waals surface area (Å²) < 4.78 is 4.65. The van der Waals surface area contributed by atoms with Gasteiger partial charge in [-0.3, -0.25) is 9.89 Å². The Hall–Kier alpha value is -2.07. The van der Waals surface area contributed by atoms with Crippen molar-refractivity contribution in [3.05, 3.63) is 71.7 Å². The molecule has 2 aromatic heterocycles. The Morgan fingerprint density at radius 2 is 1.92 bits per heavy atom. The van der Waals surface area contributed by atoms with E-state index in [0.717, 1.165) is 27.3 Å². The molecule has 0 fully saturated rings. The number of hydrogen-bond acceptors (Lipinski definition) is 4. The van der Waals surface area contributed by atoms with Gasteiger partial charge in [0.1, 0.15) is 5.69 Å². The lowest BCUT2D eigenvalue weighted by molar-refractivity contribution is 0.720. The summed E-state index contributed by atoms with van der Waals surface area (Å²) in [6, 6.07) is 10.3. The molecule has 0 saturated heterocycles. The first kappa shape index (κ1) is 17.7. The first-order chi connectivity index (χ1) is 11.9. The quantitative estimate of drug-likeness (QED) is 0.366. The molecule has 1 N–H and O–H groups in total. The summed E-state index contributed by atoms with van der Waals surface area (Å²) >= 11 is 7.38. The molecule has 0 radical (unpaired) electrons. The van der Waals surface area contributed by atoms with E-state index in [1.807, 2.05) is 19.9 Å². The Morgan fingerprint density at radius 1 is 1.24 bits per heavy atom. The second kappa shape index (κ2) is 7.04. The van der Waals surface area contributed by atoms with Crippen LogP contribution in [0.3, 0.4) is 0 Å². The van der Waals surface area contributed by atoms with E-state index in [1.54, 1.807) is 13.1 Å². The van der Waals surface area contributed by atoms with Gasteiger partial charge >= 0.3 is 0 Å². The van der Waals surface area contributed by atoms with E-state index < -0.39 is 0 Å². The Labute approximate surface area is 163 Å². The molecule has 3 aromatic rings. The number of rotatable bonds is 3. The number of halogens is 1. The highest BCUT2D eigenvalue weighted by atomic mass is 127. The van der Waals surface area contributed by atoms with E-state index in [4.69, 9.17) is 12.2 Å². The Balaban J connectivity index is 2.05. The summed E-state index contributed by atoms with van der Waals surface area (Å²) in [4.78, 5) is 12.1. The maximum atomic E-state index is 12.1. The third kappa shape index (κ3) is 3.49. The molecule has 128 valence electrons. The number of H-pyrrole nitrogens is 1. The van der Waals surface area contributed by atoms with Crippen molar-refractivity contribution in [1.82, 2.24) is 19.4 Å². The highest BCUT2D eigenvalue weighted by Crippen LogP contribution is 2.20. The lowest BCUT2D eigenvalue weighted by Gasteiger charge is -2.09. The number of aromatic amines is 1. The standard InChI is InChI=1S/C17H16IN5OS/c1-10-8-13(9-19-23-16(24)11(2)20-21-17(23)25)12(3)22(10)15-6-4-14(18)5-7-15/h4-9H,1-3H3,(H,21,25). The van der Waals surface area contributed by atoms with Crippen LogP contribution < -0.4 is 5.56 Å². The summed E-state index contributed by atoms with van der Waals surface area (Å²) in [6.07, 6.45) is 1.65. The average molecular weight is 465 g/mol. The van der Waals surface area contributed by atoms with Crippen LogP contribution in [0.4, 0.5) is 0 Å². The molecule has 0 amide bonds. The minimum absolute atomic E-state index is 0.165. The Morgan fingerprint density at radius 3 is 2.60 bits per heavy atom. The highest BCUT2D eigenvalue weighted by Gasteiger charge is 2.10. The zero-order chi connectivity index (χ0) is 18.1. The molecule has 0 unspecified atom stereocenters. The van der Waals surface area contributed by atoms with Crippen LogP contribution >= 0.6 is 34.8 Å². The van der Waals surface area contributed by atoms with Crippen molar-refractivity contribution in [3.8, 4) is 5.69 Å². The molecule has 0 aliphatic carbocycles. The normalized spacial score (nSPS) is 11.4. The van der Waals surface area contributed by atoms with Crippen LogP contribution in [-0.2, 0) is 0 Å². The fraction of sp³-hybridized carbons (Fsp3) is 0.176. The van der Waals surface area contributed by atoms with E-state index in [0.29, 0.717) is 5.69 Å². The second-order valence-electron chi connectivity index (χ2n) is 5.61. The summed E-state index contributed by atoms with van der Waals surface area (Å²) in [5.74, 6) is 0. The van der Waals surface area contributed by atoms with Gasteiger partial charge in [0, 0.05) is 26.2 Å². The van der Waals surface area contributed by atoms with Crippen molar-refractivity contribution in [2.75, 3.05) is 0 Å². The fourth-order valence-electron chi connectivity index (χ4n) is 2.60. The van der Waals surface area contributed by atoms with Crippen molar-refractivity contribution in [2.24, 2.45) is 5.10 Å². The van der Waals surface area contributed by atoms with Crippen molar-refractivity contribution in [3.63, 3.8) is 0 Å². The van der Waals surface area contributed by atoms with Crippen molar-refractivity contribution in [1.29, 1.82) is 0 Å². The van der Waals surface area contributed by atoms with Gasteiger partial charge in [0.2, 0.25) is 4.77 Å². The first-order valence-corrected chi connectivity index (χ1v) is 9.05. The van der Waals surface area contributed by atoms with E-state index in [-0.39, 0.29) is 10.3 Å². The van der Waals surface area contributed by atoms with Gasteiger partial charge in [0.15, 0.2) is 0 Å². The summed E-state index contributed by atoms with van der Waals surface area (Å²) in [7, 11) is 0. The number of hydrogen-bond donors (Lipinski definition) is 1. The SMILES string of the molecule is Cc1n[nH]c(=S)n(N=Cc2cc(C)n(-c3ccc(I)cc3)c2C)c1=O. The van der Waals surface area contributed by atoms with Crippen LogP contribution in [0.1, 0.15) is 22.6 Å². The van der Waals surface area contributed by atoms with Gasteiger partial charge in [-0.05, 0) is 85.9 Å². The minimum atomic E-state index is -0.327. The largest absolute Gasteiger partial charge is 0.318 e. The topological polar surface area (TPSA) is 68.0 Å². The molecule has 2 heterocycles. The summed E-state index contributed by atoms with van der Waals surface area (Å²) in [6.45, 7) is 5.67. The first-order valence-electron chi connectivity index (χ1n) is 7.56. The fourth-order valence-corrected chi connectivity index (χ4v) is 3.14. The number of nitrogens with zero attached hydrogens (tertiary/aromatic N) is 4. The molecule has 0 aliphatic heterocycles. The van der Waals surface area contributed by atoms with Crippen LogP contribution in [0.15, 0.2) is 40.2 Å². The molecule has 0 aliphatic rings. The van der Waals surface area contributed by atoms with Crippen LogP contribution in [0.2, 0.25) is 0 Å². The summed E-state index contributed by atoms with van der Waals surface area (Å²) in [5, 5.41) is 10.7. The predicted molar refractivity (Wildman–Crippen MR) is 109 cm³/mol. The third-order valence-electron chi connectivity index (χ3n) is 3.88. The van der Waals surface area contributed by atoms with Crippen LogP contribution in [0.5, 0.6) is 0 Å². The average Bonchev–Trinajstić information content (AvgIpc) is 2.86. The summed E-state index contributed by atoms with van der Waals surface area (Å²) in [5.41, 5.74) is 4.12. The van der Waals surface area contributed by atoms with Crippen LogP contribution in [0, 0.1) is 29.1 Å².